The van der Waals surface area contributed by atoms with E-state index in [9.17, 15) is 13.2 Å². The van der Waals surface area contributed by atoms with Gasteiger partial charge in [-0.1, -0.05) is 5.16 Å². The minimum absolute atomic E-state index is 0.310. The number of aromatic nitrogens is 5. The SMILES string of the molecule is CSC1CCN(c2cc(Cn3nc(-c4cc(-c5ccc(OC(F)(F)F)cc5)on4)nc3C)ccn2)CC1. The number of anilines is 1. The Morgan fingerprint density at radius 3 is 2.57 bits per heavy atom. The summed E-state index contributed by atoms with van der Waals surface area (Å²) >= 11 is 1.93. The van der Waals surface area contributed by atoms with E-state index in [1.807, 2.05) is 30.9 Å². The molecule has 0 unspecified atom stereocenters. The van der Waals surface area contributed by atoms with Gasteiger partial charge >= 0.3 is 6.36 Å². The van der Waals surface area contributed by atoms with Gasteiger partial charge in [0.05, 0.1) is 6.54 Å². The molecule has 4 heterocycles. The molecule has 37 heavy (non-hydrogen) atoms. The molecule has 0 radical (unpaired) electrons. The number of piperidine rings is 1. The van der Waals surface area contributed by atoms with Crippen molar-refractivity contribution in [2.75, 3.05) is 24.2 Å². The standard InChI is InChI=1S/C25H25F3N6O2S/c1-16-30-24(21-14-22(36-32-21)18-3-5-19(6-4-18)35-25(26,27)28)31-34(16)15-17-7-10-29-23(13-17)33-11-8-20(37-2)9-12-33/h3-7,10,13-14,20H,8-9,11-12,15H2,1-2H3. The van der Waals surface area contributed by atoms with Gasteiger partial charge in [0.1, 0.15) is 17.4 Å². The van der Waals surface area contributed by atoms with Crippen LogP contribution in [0.2, 0.25) is 0 Å². The van der Waals surface area contributed by atoms with Crippen LogP contribution < -0.4 is 9.64 Å². The smallest absolute Gasteiger partial charge is 0.406 e. The Morgan fingerprint density at radius 2 is 1.86 bits per heavy atom. The highest BCUT2D eigenvalue weighted by Crippen LogP contribution is 2.29. The third-order valence-electron chi connectivity index (χ3n) is 6.21. The number of benzene rings is 1. The molecule has 1 aliphatic rings. The molecule has 0 amide bonds. The maximum Gasteiger partial charge on any atom is 0.573 e. The number of hydrogen-bond donors (Lipinski definition) is 0. The van der Waals surface area contributed by atoms with Crippen molar-refractivity contribution in [3.63, 3.8) is 0 Å². The number of rotatable bonds is 7. The number of hydrogen-bond acceptors (Lipinski definition) is 8. The van der Waals surface area contributed by atoms with E-state index in [1.54, 1.807) is 10.7 Å². The van der Waals surface area contributed by atoms with Gasteiger partial charge in [-0.15, -0.1) is 18.3 Å². The van der Waals surface area contributed by atoms with Gasteiger partial charge in [-0.05, 0) is 68.0 Å². The molecule has 1 aliphatic heterocycles. The maximum atomic E-state index is 12.4. The topological polar surface area (TPSA) is 82.1 Å². The number of halogens is 3. The Morgan fingerprint density at radius 1 is 1.11 bits per heavy atom. The van der Waals surface area contributed by atoms with E-state index < -0.39 is 6.36 Å². The highest BCUT2D eigenvalue weighted by molar-refractivity contribution is 7.99. The lowest BCUT2D eigenvalue weighted by Gasteiger charge is -2.32. The molecular weight excluding hydrogens is 505 g/mol. The van der Waals surface area contributed by atoms with E-state index in [1.165, 1.54) is 24.3 Å². The van der Waals surface area contributed by atoms with Gasteiger partial charge < -0.3 is 14.2 Å². The Bertz CT molecular complexity index is 1350. The normalized spacial score (nSPS) is 14.8. The lowest BCUT2D eigenvalue weighted by molar-refractivity contribution is -0.274. The van der Waals surface area contributed by atoms with Crippen LogP contribution in [0, 0.1) is 6.92 Å². The molecule has 5 rings (SSSR count). The molecule has 1 fully saturated rings. The van der Waals surface area contributed by atoms with Crippen molar-refractivity contribution < 1.29 is 22.4 Å². The highest BCUT2D eigenvalue weighted by atomic mass is 32.2. The quantitative estimate of drug-likeness (QED) is 0.306. The second-order valence-electron chi connectivity index (χ2n) is 8.73. The molecule has 1 saturated heterocycles. The van der Waals surface area contributed by atoms with Crippen LogP contribution in [-0.4, -0.2) is 55.9 Å². The van der Waals surface area contributed by atoms with E-state index in [0.717, 1.165) is 42.6 Å². The van der Waals surface area contributed by atoms with Crippen LogP contribution in [0.4, 0.5) is 19.0 Å². The van der Waals surface area contributed by atoms with E-state index in [2.05, 4.69) is 42.2 Å². The van der Waals surface area contributed by atoms with Crippen LogP contribution in [0.3, 0.4) is 0 Å². The summed E-state index contributed by atoms with van der Waals surface area (Å²) in [4.78, 5) is 11.4. The molecular formula is C25H25F3N6O2S. The lowest BCUT2D eigenvalue weighted by atomic mass is 10.1. The van der Waals surface area contributed by atoms with Crippen molar-refractivity contribution >= 4 is 17.6 Å². The maximum absolute atomic E-state index is 12.4. The third kappa shape index (κ3) is 6.07. The van der Waals surface area contributed by atoms with E-state index in [0.29, 0.717) is 35.2 Å². The molecule has 0 saturated carbocycles. The molecule has 194 valence electrons. The minimum atomic E-state index is -4.74. The first-order valence-corrected chi connectivity index (χ1v) is 13.0. The number of nitrogens with zero attached hydrogens (tertiary/aromatic N) is 6. The van der Waals surface area contributed by atoms with Crippen LogP contribution in [0.15, 0.2) is 53.2 Å². The average Bonchev–Trinajstić information content (AvgIpc) is 3.51. The summed E-state index contributed by atoms with van der Waals surface area (Å²) in [6, 6.07) is 11.1. The van der Waals surface area contributed by atoms with Gasteiger partial charge in [0.25, 0.3) is 0 Å². The monoisotopic (exact) mass is 530 g/mol. The van der Waals surface area contributed by atoms with Gasteiger partial charge in [-0.2, -0.15) is 11.8 Å². The first-order valence-electron chi connectivity index (χ1n) is 11.7. The third-order valence-corrected chi connectivity index (χ3v) is 7.35. The molecule has 0 aliphatic carbocycles. The number of pyridine rings is 1. The van der Waals surface area contributed by atoms with Crippen LogP contribution >= 0.6 is 11.8 Å². The van der Waals surface area contributed by atoms with Crippen molar-refractivity contribution in [3.05, 3.63) is 60.0 Å². The molecule has 4 aromatic rings. The van der Waals surface area contributed by atoms with Gasteiger partial charge in [0, 0.05) is 36.2 Å². The van der Waals surface area contributed by atoms with Gasteiger partial charge in [0.2, 0.25) is 5.82 Å². The summed E-state index contributed by atoms with van der Waals surface area (Å²) in [5.74, 6) is 2.16. The number of ether oxygens (including phenoxy) is 1. The predicted octanol–water partition coefficient (Wildman–Crippen LogP) is 5.58. The number of aryl methyl sites for hydroxylation is 1. The summed E-state index contributed by atoms with van der Waals surface area (Å²) < 4.78 is 48.3. The van der Waals surface area contributed by atoms with E-state index in [-0.39, 0.29) is 5.75 Å². The number of alkyl halides is 3. The van der Waals surface area contributed by atoms with Crippen molar-refractivity contribution in [1.82, 2.24) is 24.9 Å². The molecule has 8 nitrogen and oxygen atoms in total. The van der Waals surface area contributed by atoms with Crippen LogP contribution in [-0.2, 0) is 6.54 Å². The summed E-state index contributed by atoms with van der Waals surface area (Å²) in [5, 5.41) is 9.37. The second kappa shape index (κ2) is 10.4. The summed E-state index contributed by atoms with van der Waals surface area (Å²) in [6.07, 6.45) is 1.56. The molecule has 0 atom stereocenters. The fraction of sp³-hybridized carbons (Fsp3) is 0.360. The summed E-state index contributed by atoms with van der Waals surface area (Å²) in [5.41, 5.74) is 2.05. The van der Waals surface area contributed by atoms with Crippen LogP contribution in [0.1, 0.15) is 24.2 Å². The first-order chi connectivity index (χ1) is 17.8. The molecule has 1 aromatic carbocycles. The Kier molecular flexibility index (Phi) is 7.09. The zero-order valence-electron chi connectivity index (χ0n) is 20.3. The van der Waals surface area contributed by atoms with Gasteiger partial charge in [0.15, 0.2) is 11.5 Å². The van der Waals surface area contributed by atoms with Gasteiger partial charge in [-0.25, -0.2) is 14.6 Å². The Balaban J connectivity index is 1.28. The fourth-order valence-electron chi connectivity index (χ4n) is 4.24. The van der Waals surface area contributed by atoms with Crippen molar-refractivity contribution in [1.29, 1.82) is 0 Å². The predicted molar refractivity (Wildman–Crippen MR) is 134 cm³/mol. The molecule has 0 spiro atoms. The van der Waals surface area contributed by atoms with E-state index in [4.69, 9.17) is 4.52 Å². The summed E-state index contributed by atoms with van der Waals surface area (Å²) in [6.45, 7) is 4.40. The Hall–Kier alpha value is -3.54. The Labute approximate surface area is 215 Å². The van der Waals surface area contributed by atoms with Crippen LogP contribution in [0.25, 0.3) is 22.8 Å². The van der Waals surface area contributed by atoms with Crippen molar-refractivity contribution in [3.8, 4) is 28.6 Å². The molecule has 12 heteroatoms. The minimum Gasteiger partial charge on any atom is -0.406 e. The zero-order valence-corrected chi connectivity index (χ0v) is 21.1. The number of thioether (sulfide) groups is 1. The van der Waals surface area contributed by atoms with E-state index >= 15 is 0 Å². The molecule has 0 N–H and O–H groups in total. The molecule has 3 aromatic heterocycles. The zero-order chi connectivity index (χ0) is 26.0. The highest BCUT2D eigenvalue weighted by Gasteiger charge is 2.31. The van der Waals surface area contributed by atoms with Crippen molar-refractivity contribution in [2.45, 2.75) is 37.9 Å². The summed E-state index contributed by atoms with van der Waals surface area (Å²) in [7, 11) is 0. The van der Waals surface area contributed by atoms with Crippen molar-refractivity contribution in [2.24, 2.45) is 0 Å². The van der Waals surface area contributed by atoms with Gasteiger partial charge in [-0.3, -0.25) is 0 Å². The first kappa shape index (κ1) is 25.1. The average molecular weight is 531 g/mol. The second-order valence-corrected chi connectivity index (χ2v) is 9.87. The lowest BCUT2D eigenvalue weighted by Crippen LogP contribution is -2.35. The fourth-order valence-corrected chi connectivity index (χ4v) is 4.92. The van der Waals surface area contributed by atoms with Crippen LogP contribution in [0.5, 0.6) is 5.75 Å². The largest absolute Gasteiger partial charge is 0.573 e. The molecule has 0 bridgehead atoms.